The number of benzene rings is 2. The summed E-state index contributed by atoms with van der Waals surface area (Å²) in [4.78, 5) is 22.9. The molecule has 6 heteroatoms. The van der Waals surface area contributed by atoms with Gasteiger partial charge in [0.2, 0.25) is 5.91 Å². The largest absolute Gasteiger partial charge is 0.343 e. The first-order chi connectivity index (χ1) is 13.5. The first-order valence-corrected chi connectivity index (χ1v) is 8.93. The van der Waals surface area contributed by atoms with Crippen molar-refractivity contribution in [1.29, 1.82) is 0 Å². The van der Waals surface area contributed by atoms with Crippen LogP contribution in [0.5, 0.6) is 0 Å². The predicted octanol–water partition coefficient (Wildman–Crippen LogP) is 4.74. The van der Waals surface area contributed by atoms with Gasteiger partial charge in [-0.2, -0.15) is 0 Å². The maximum Gasteiger partial charge on any atom is 0.237 e. The Balaban J connectivity index is 1.55. The second kappa shape index (κ2) is 7.23. The van der Waals surface area contributed by atoms with Gasteiger partial charge in [-0.05, 0) is 55.5 Å². The Morgan fingerprint density at radius 3 is 2.68 bits per heavy atom. The number of nitrogens with zero attached hydrogens (tertiary/aromatic N) is 3. The average Bonchev–Trinajstić information content (AvgIpc) is 3.03. The molecule has 0 aliphatic carbocycles. The standard InChI is InChI=1S/C22H19FN4O/c1-14-20(7-4-12-24-14)27(2)16-10-8-15(9-11-16)25-13-17-21-18(23)5-3-6-19(21)26-22(17)28/h3-13,17H,1-2H3,(H,26,28). The first-order valence-electron chi connectivity index (χ1n) is 8.93. The van der Waals surface area contributed by atoms with E-state index in [-0.39, 0.29) is 5.91 Å². The van der Waals surface area contributed by atoms with E-state index in [9.17, 15) is 9.18 Å². The van der Waals surface area contributed by atoms with Gasteiger partial charge in [-0.1, -0.05) is 6.07 Å². The molecule has 1 unspecified atom stereocenters. The lowest BCUT2D eigenvalue weighted by atomic mass is 10.0. The summed E-state index contributed by atoms with van der Waals surface area (Å²) in [5.41, 5.74) is 4.50. The molecule has 0 radical (unpaired) electrons. The van der Waals surface area contributed by atoms with Crippen LogP contribution in [0.4, 0.5) is 27.1 Å². The number of halogens is 1. The molecule has 0 saturated heterocycles. The molecule has 4 rings (SSSR count). The molecule has 0 spiro atoms. The van der Waals surface area contributed by atoms with Gasteiger partial charge in [0, 0.05) is 36.4 Å². The molecule has 1 atom stereocenters. The Morgan fingerprint density at radius 1 is 1.14 bits per heavy atom. The number of carbonyl (C=O) groups is 1. The van der Waals surface area contributed by atoms with Gasteiger partial charge in [0.25, 0.3) is 0 Å². The van der Waals surface area contributed by atoms with Crippen molar-refractivity contribution in [2.75, 3.05) is 17.3 Å². The van der Waals surface area contributed by atoms with Crippen molar-refractivity contribution >= 4 is 34.9 Å². The van der Waals surface area contributed by atoms with E-state index in [1.165, 1.54) is 12.3 Å². The quantitative estimate of drug-likeness (QED) is 0.672. The van der Waals surface area contributed by atoms with Gasteiger partial charge in [0.05, 0.1) is 17.1 Å². The fourth-order valence-corrected chi connectivity index (χ4v) is 3.34. The van der Waals surface area contributed by atoms with Crippen molar-refractivity contribution in [1.82, 2.24) is 4.98 Å². The van der Waals surface area contributed by atoms with Crippen molar-refractivity contribution < 1.29 is 9.18 Å². The van der Waals surface area contributed by atoms with Gasteiger partial charge in [-0.25, -0.2) is 4.39 Å². The zero-order valence-corrected chi connectivity index (χ0v) is 15.6. The Labute approximate surface area is 162 Å². The van der Waals surface area contributed by atoms with Gasteiger partial charge < -0.3 is 10.2 Å². The van der Waals surface area contributed by atoms with Crippen molar-refractivity contribution in [3.63, 3.8) is 0 Å². The Hall–Kier alpha value is -3.54. The minimum absolute atomic E-state index is 0.271. The summed E-state index contributed by atoms with van der Waals surface area (Å²) >= 11 is 0. The van der Waals surface area contributed by atoms with Crippen LogP contribution in [0.3, 0.4) is 0 Å². The summed E-state index contributed by atoms with van der Waals surface area (Å²) in [5, 5.41) is 2.69. The highest BCUT2D eigenvalue weighted by Gasteiger charge is 2.31. The van der Waals surface area contributed by atoms with Crippen molar-refractivity contribution in [2.24, 2.45) is 4.99 Å². The van der Waals surface area contributed by atoms with Gasteiger partial charge in [-0.15, -0.1) is 0 Å². The van der Waals surface area contributed by atoms with Crippen LogP contribution in [-0.2, 0) is 4.79 Å². The molecular formula is C22H19FN4O. The van der Waals surface area contributed by atoms with E-state index < -0.39 is 11.7 Å². The van der Waals surface area contributed by atoms with E-state index in [1.807, 2.05) is 55.3 Å². The van der Waals surface area contributed by atoms with E-state index in [1.54, 1.807) is 18.3 Å². The Kier molecular flexibility index (Phi) is 4.61. The first kappa shape index (κ1) is 17.9. The zero-order valence-electron chi connectivity index (χ0n) is 15.6. The molecular weight excluding hydrogens is 355 g/mol. The van der Waals surface area contributed by atoms with E-state index in [0.29, 0.717) is 16.9 Å². The summed E-state index contributed by atoms with van der Waals surface area (Å²) in [6.07, 6.45) is 3.26. The Morgan fingerprint density at radius 2 is 1.93 bits per heavy atom. The third-order valence-electron chi connectivity index (χ3n) is 4.85. The maximum atomic E-state index is 14.1. The summed E-state index contributed by atoms with van der Waals surface area (Å²) in [7, 11) is 1.98. The molecule has 140 valence electrons. The molecule has 1 aliphatic rings. The minimum Gasteiger partial charge on any atom is -0.343 e. The van der Waals surface area contributed by atoms with E-state index in [0.717, 1.165) is 17.1 Å². The van der Waals surface area contributed by atoms with Crippen LogP contribution in [0.1, 0.15) is 17.2 Å². The molecule has 0 bridgehead atoms. The van der Waals surface area contributed by atoms with E-state index >= 15 is 0 Å². The lowest BCUT2D eigenvalue weighted by Crippen LogP contribution is -2.13. The van der Waals surface area contributed by atoms with Crippen LogP contribution in [-0.4, -0.2) is 24.2 Å². The van der Waals surface area contributed by atoms with Crippen LogP contribution in [0, 0.1) is 12.7 Å². The number of amides is 1. The van der Waals surface area contributed by atoms with Crippen LogP contribution in [0.2, 0.25) is 0 Å². The molecule has 1 aliphatic heterocycles. The summed E-state index contributed by atoms with van der Waals surface area (Å²) < 4.78 is 14.1. The van der Waals surface area contributed by atoms with E-state index in [2.05, 4.69) is 15.3 Å². The summed E-state index contributed by atoms with van der Waals surface area (Å²) in [6.45, 7) is 1.97. The number of hydrogen-bond acceptors (Lipinski definition) is 4. The van der Waals surface area contributed by atoms with Gasteiger partial charge in [0.15, 0.2) is 0 Å². The number of carbonyl (C=O) groups excluding carboxylic acids is 1. The third kappa shape index (κ3) is 3.24. The molecule has 2 aromatic carbocycles. The number of aryl methyl sites for hydroxylation is 1. The molecule has 2 heterocycles. The molecule has 0 saturated carbocycles. The van der Waals surface area contributed by atoms with Crippen LogP contribution in [0.15, 0.2) is 65.8 Å². The van der Waals surface area contributed by atoms with Gasteiger partial charge in [0.1, 0.15) is 11.7 Å². The highest BCUT2D eigenvalue weighted by Crippen LogP contribution is 2.34. The highest BCUT2D eigenvalue weighted by molar-refractivity contribution is 6.12. The minimum atomic E-state index is -0.725. The fourth-order valence-electron chi connectivity index (χ4n) is 3.34. The highest BCUT2D eigenvalue weighted by atomic mass is 19.1. The number of aliphatic imine (C=N–C) groups is 1. The topological polar surface area (TPSA) is 57.6 Å². The van der Waals surface area contributed by atoms with Gasteiger partial charge in [-0.3, -0.25) is 14.8 Å². The predicted molar refractivity (Wildman–Crippen MR) is 109 cm³/mol. The molecule has 1 aromatic heterocycles. The van der Waals surface area contributed by atoms with Crippen LogP contribution < -0.4 is 10.2 Å². The van der Waals surface area contributed by atoms with Crippen molar-refractivity contribution in [2.45, 2.75) is 12.8 Å². The summed E-state index contributed by atoms with van der Waals surface area (Å²) in [5.74, 6) is -1.40. The van der Waals surface area contributed by atoms with E-state index in [4.69, 9.17) is 0 Å². The number of pyridine rings is 1. The summed E-state index contributed by atoms with van der Waals surface area (Å²) in [6, 6.07) is 16.2. The zero-order chi connectivity index (χ0) is 19.7. The van der Waals surface area contributed by atoms with Crippen LogP contribution in [0.25, 0.3) is 0 Å². The lowest BCUT2D eigenvalue weighted by molar-refractivity contribution is -0.115. The Bertz CT molecular complexity index is 1060. The maximum absolute atomic E-state index is 14.1. The monoisotopic (exact) mass is 374 g/mol. The van der Waals surface area contributed by atoms with Crippen LogP contribution >= 0.6 is 0 Å². The molecule has 0 fully saturated rings. The normalized spacial score (nSPS) is 15.5. The van der Waals surface area contributed by atoms with Crippen molar-refractivity contribution in [3.05, 3.63) is 77.9 Å². The second-order valence-electron chi connectivity index (χ2n) is 6.63. The number of rotatable bonds is 4. The molecule has 1 N–H and O–H groups in total. The molecule has 1 amide bonds. The van der Waals surface area contributed by atoms with Gasteiger partial charge >= 0.3 is 0 Å². The molecule has 3 aromatic rings. The average molecular weight is 374 g/mol. The number of hydrogen-bond donors (Lipinski definition) is 1. The lowest BCUT2D eigenvalue weighted by Gasteiger charge is -2.20. The number of fused-ring (bicyclic) bond motifs is 1. The number of nitrogens with one attached hydrogen (secondary N) is 1. The number of anilines is 3. The molecule has 5 nitrogen and oxygen atoms in total. The second-order valence-corrected chi connectivity index (χ2v) is 6.63. The smallest absolute Gasteiger partial charge is 0.237 e. The molecule has 28 heavy (non-hydrogen) atoms. The third-order valence-corrected chi connectivity index (χ3v) is 4.85. The van der Waals surface area contributed by atoms with Crippen molar-refractivity contribution in [3.8, 4) is 0 Å². The SMILES string of the molecule is Cc1ncccc1N(C)c1ccc(N=CC2C(=O)Nc3cccc(F)c32)cc1. The number of aromatic nitrogens is 1. The fraction of sp³-hybridized carbons (Fsp3) is 0.136.